The van der Waals surface area contributed by atoms with E-state index in [0.29, 0.717) is 22.9 Å². The van der Waals surface area contributed by atoms with Crippen LogP contribution in [0.1, 0.15) is 21.7 Å². The molecular formula is C17H14N4O3. The molecule has 0 bridgehead atoms. The average molecular weight is 322 g/mol. The van der Waals surface area contributed by atoms with Crippen molar-refractivity contribution in [3.05, 3.63) is 53.5 Å². The van der Waals surface area contributed by atoms with Gasteiger partial charge in [0.2, 0.25) is 5.95 Å². The number of carbonyl (C=O) groups is 1. The van der Waals surface area contributed by atoms with Gasteiger partial charge < -0.3 is 8.83 Å². The lowest BCUT2D eigenvalue weighted by molar-refractivity contribution is 0.102. The largest absolute Gasteiger partial charge is 0.469 e. The fraction of sp³-hybridized carbons (Fsp3) is 0.118. The van der Waals surface area contributed by atoms with Crippen molar-refractivity contribution in [2.45, 2.75) is 13.8 Å². The number of nitrogens with zero attached hydrogens (tertiary/aromatic N) is 2. The maximum atomic E-state index is 12.3. The van der Waals surface area contributed by atoms with E-state index in [9.17, 15) is 4.79 Å². The van der Waals surface area contributed by atoms with Gasteiger partial charge in [0.1, 0.15) is 11.3 Å². The number of para-hydroxylation sites is 1. The number of aromatic nitrogens is 3. The van der Waals surface area contributed by atoms with Crippen LogP contribution in [0.15, 0.2) is 45.4 Å². The Hall–Kier alpha value is -3.35. The third-order valence-corrected chi connectivity index (χ3v) is 3.76. The predicted molar refractivity (Wildman–Crippen MR) is 87.7 cm³/mol. The predicted octanol–water partition coefficient (Wildman–Crippen LogP) is 3.68. The summed E-state index contributed by atoms with van der Waals surface area (Å²) in [5.41, 5.74) is 2.02. The second kappa shape index (κ2) is 5.38. The molecule has 0 fully saturated rings. The molecule has 0 radical (unpaired) electrons. The zero-order valence-corrected chi connectivity index (χ0v) is 13.1. The number of furan rings is 2. The zero-order chi connectivity index (χ0) is 16.7. The van der Waals surface area contributed by atoms with Gasteiger partial charge in [0.05, 0.1) is 11.8 Å². The molecule has 2 N–H and O–H groups in total. The first-order valence-corrected chi connectivity index (χ1v) is 7.39. The Kier molecular flexibility index (Phi) is 3.19. The highest BCUT2D eigenvalue weighted by molar-refractivity contribution is 6.05. The lowest BCUT2D eigenvalue weighted by atomic mass is 10.1. The normalized spacial score (nSPS) is 11.1. The Bertz CT molecular complexity index is 989. The van der Waals surface area contributed by atoms with Crippen molar-refractivity contribution in [3.63, 3.8) is 0 Å². The van der Waals surface area contributed by atoms with Gasteiger partial charge >= 0.3 is 0 Å². The summed E-state index contributed by atoms with van der Waals surface area (Å²) in [7, 11) is 0. The quantitative estimate of drug-likeness (QED) is 0.599. The van der Waals surface area contributed by atoms with Gasteiger partial charge in [-0.05, 0) is 26.0 Å². The van der Waals surface area contributed by atoms with Gasteiger partial charge in [-0.25, -0.2) is 0 Å². The molecule has 1 aromatic carbocycles. The minimum Gasteiger partial charge on any atom is -0.469 e. The molecule has 0 atom stereocenters. The summed E-state index contributed by atoms with van der Waals surface area (Å²) in [6.45, 7) is 3.54. The summed E-state index contributed by atoms with van der Waals surface area (Å²) >= 11 is 0. The number of aromatic amines is 1. The second-order valence-corrected chi connectivity index (χ2v) is 5.46. The Labute approximate surface area is 136 Å². The molecule has 0 saturated heterocycles. The Morgan fingerprint density at radius 2 is 2.08 bits per heavy atom. The van der Waals surface area contributed by atoms with E-state index in [0.717, 1.165) is 16.5 Å². The van der Waals surface area contributed by atoms with E-state index in [1.807, 2.05) is 37.3 Å². The van der Waals surface area contributed by atoms with Gasteiger partial charge in [0.25, 0.3) is 5.91 Å². The van der Waals surface area contributed by atoms with Crippen molar-refractivity contribution in [1.82, 2.24) is 15.2 Å². The summed E-state index contributed by atoms with van der Waals surface area (Å²) in [5.74, 6) is 1.42. The van der Waals surface area contributed by atoms with Gasteiger partial charge in [0.15, 0.2) is 11.6 Å². The van der Waals surface area contributed by atoms with Crippen LogP contribution in [0.25, 0.3) is 22.6 Å². The van der Waals surface area contributed by atoms with E-state index in [4.69, 9.17) is 8.83 Å². The zero-order valence-electron chi connectivity index (χ0n) is 13.1. The number of benzene rings is 1. The summed E-state index contributed by atoms with van der Waals surface area (Å²) in [6, 6.07) is 9.53. The molecule has 0 aliphatic carbocycles. The van der Waals surface area contributed by atoms with Crippen molar-refractivity contribution < 1.29 is 13.6 Å². The van der Waals surface area contributed by atoms with Crippen LogP contribution in [0.4, 0.5) is 5.95 Å². The minimum atomic E-state index is -0.311. The van der Waals surface area contributed by atoms with E-state index >= 15 is 0 Å². The van der Waals surface area contributed by atoms with Gasteiger partial charge in [0, 0.05) is 10.9 Å². The third-order valence-electron chi connectivity index (χ3n) is 3.76. The van der Waals surface area contributed by atoms with Gasteiger partial charge in [-0.2, -0.15) is 4.98 Å². The molecule has 4 aromatic rings. The molecule has 7 heteroatoms. The highest BCUT2D eigenvalue weighted by Crippen LogP contribution is 2.26. The van der Waals surface area contributed by atoms with Crippen LogP contribution in [0, 0.1) is 13.8 Å². The molecule has 0 spiro atoms. The molecule has 7 nitrogen and oxygen atoms in total. The van der Waals surface area contributed by atoms with Crippen LogP contribution < -0.4 is 5.32 Å². The maximum Gasteiger partial charge on any atom is 0.261 e. The lowest BCUT2D eigenvalue weighted by Crippen LogP contribution is -2.14. The summed E-state index contributed by atoms with van der Waals surface area (Å²) in [6.07, 6.45) is 1.54. The smallest absolute Gasteiger partial charge is 0.261 e. The lowest BCUT2D eigenvalue weighted by Gasteiger charge is -2.00. The topological polar surface area (TPSA) is 97.0 Å². The van der Waals surface area contributed by atoms with Crippen LogP contribution in [0.5, 0.6) is 0 Å². The molecule has 3 heterocycles. The van der Waals surface area contributed by atoms with E-state index in [2.05, 4.69) is 20.5 Å². The molecular weight excluding hydrogens is 308 g/mol. The van der Waals surface area contributed by atoms with Crippen LogP contribution in [-0.2, 0) is 0 Å². The average Bonchev–Trinajstić information content (AvgIpc) is 3.25. The number of amides is 1. The molecule has 4 rings (SSSR count). The third kappa shape index (κ3) is 2.36. The molecule has 0 unspecified atom stereocenters. The van der Waals surface area contributed by atoms with E-state index in [1.54, 1.807) is 13.2 Å². The second-order valence-electron chi connectivity index (χ2n) is 5.46. The number of carbonyl (C=O) groups excluding carboxylic acids is 1. The highest BCUT2D eigenvalue weighted by Gasteiger charge is 2.18. The van der Waals surface area contributed by atoms with Crippen LogP contribution in [-0.4, -0.2) is 21.1 Å². The first kappa shape index (κ1) is 14.3. The van der Waals surface area contributed by atoms with Crippen molar-refractivity contribution in [2.24, 2.45) is 0 Å². The number of nitrogens with one attached hydrogen (secondary N) is 2. The summed E-state index contributed by atoms with van der Waals surface area (Å²) in [4.78, 5) is 16.6. The number of anilines is 1. The van der Waals surface area contributed by atoms with Gasteiger partial charge in [-0.3, -0.25) is 15.2 Å². The monoisotopic (exact) mass is 322 g/mol. The number of aryl methyl sites for hydroxylation is 2. The number of H-pyrrole nitrogens is 1. The Balaban J connectivity index is 1.60. The fourth-order valence-corrected chi connectivity index (χ4v) is 2.60. The maximum absolute atomic E-state index is 12.3. The Morgan fingerprint density at radius 1 is 1.25 bits per heavy atom. The first-order chi connectivity index (χ1) is 11.6. The number of hydrogen-bond acceptors (Lipinski definition) is 5. The first-order valence-electron chi connectivity index (χ1n) is 7.39. The molecule has 0 aliphatic rings. The van der Waals surface area contributed by atoms with E-state index in [-0.39, 0.29) is 11.9 Å². The number of hydrogen-bond donors (Lipinski definition) is 2. The molecule has 3 aromatic heterocycles. The van der Waals surface area contributed by atoms with E-state index in [1.165, 1.54) is 0 Å². The van der Waals surface area contributed by atoms with Crippen LogP contribution >= 0.6 is 0 Å². The van der Waals surface area contributed by atoms with Crippen LogP contribution in [0.2, 0.25) is 0 Å². The van der Waals surface area contributed by atoms with E-state index < -0.39 is 0 Å². The molecule has 0 aliphatic heterocycles. The summed E-state index contributed by atoms with van der Waals surface area (Å²) in [5, 5.41) is 10.4. The van der Waals surface area contributed by atoms with Gasteiger partial charge in [-0.15, -0.1) is 5.10 Å². The fourth-order valence-electron chi connectivity index (χ4n) is 2.60. The van der Waals surface area contributed by atoms with Crippen molar-refractivity contribution in [2.75, 3.05) is 5.32 Å². The van der Waals surface area contributed by atoms with Crippen molar-refractivity contribution in [3.8, 4) is 11.6 Å². The minimum absolute atomic E-state index is 0.176. The molecule has 0 saturated carbocycles. The Morgan fingerprint density at radius 3 is 2.83 bits per heavy atom. The van der Waals surface area contributed by atoms with Crippen molar-refractivity contribution in [1.29, 1.82) is 0 Å². The number of rotatable bonds is 3. The number of fused-ring (bicyclic) bond motifs is 1. The van der Waals surface area contributed by atoms with Gasteiger partial charge in [-0.1, -0.05) is 18.2 Å². The van der Waals surface area contributed by atoms with Crippen LogP contribution in [0.3, 0.4) is 0 Å². The molecule has 1 amide bonds. The highest BCUT2D eigenvalue weighted by atomic mass is 16.3. The molecule has 120 valence electrons. The summed E-state index contributed by atoms with van der Waals surface area (Å²) < 4.78 is 11.0. The standard InChI is InChI=1S/C17H14N4O3/c1-9-8-23-10(2)14(9)16(22)19-17-18-15(20-21-17)13-7-11-5-3-4-6-12(11)24-13/h3-8H,1-2H3,(H2,18,19,20,21,22). The van der Waals surface area contributed by atoms with Crippen molar-refractivity contribution >= 4 is 22.8 Å². The molecule has 24 heavy (non-hydrogen) atoms. The SMILES string of the molecule is Cc1coc(C)c1C(=O)Nc1n[nH]c(-c2cc3ccccc3o2)n1.